The highest BCUT2D eigenvalue weighted by molar-refractivity contribution is 5.88. The Labute approximate surface area is 161 Å². The number of likely N-dealkylation sites (tertiary alicyclic amines) is 1. The minimum atomic E-state index is -0.436. The van der Waals surface area contributed by atoms with Crippen LogP contribution in [0.2, 0.25) is 0 Å². The van der Waals surface area contributed by atoms with Crippen LogP contribution in [0.5, 0.6) is 0 Å². The highest BCUT2D eigenvalue weighted by atomic mass is 16.2. The van der Waals surface area contributed by atoms with E-state index in [1.807, 2.05) is 18.3 Å². The highest BCUT2D eigenvalue weighted by Crippen LogP contribution is 2.20. The molecule has 3 rings (SSSR count). The van der Waals surface area contributed by atoms with Crippen LogP contribution in [-0.4, -0.2) is 70.9 Å². The molecule has 0 bridgehead atoms. The third-order valence-corrected chi connectivity index (χ3v) is 5.61. The Bertz CT molecular complexity index is 643. The van der Waals surface area contributed by atoms with Crippen LogP contribution in [-0.2, 0) is 16.1 Å². The molecule has 2 aliphatic heterocycles. The molecule has 7 nitrogen and oxygen atoms in total. The van der Waals surface area contributed by atoms with Gasteiger partial charge in [0.1, 0.15) is 0 Å². The molecule has 148 valence electrons. The minimum Gasteiger partial charge on any atom is -0.354 e. The summed E-state index contributed by atoms with van der Waals surface area (Å²) < 4.78 is 0. The van der Waals surface area contributed by atoms with Crippen LogP contribution < -0.4 is 10.6 Å². The first-order chi connectivity index (χ1) is 13.0. The third-order valence-electron chi connectivity index (χ3n) is 5.61. The van der Waals surface area contributed by atoms with E-state index in [0.29, 0.717) is 19.6 Å². The molecule has 2 saturated heterocycles. The van der Waals surface area contributed by atoms with E-state index in [0.717, 1.165) is 25.2 Å². The number of piperazine rings is 1. The van der Waals surface area contributed by atoms with Crippen molar-refractivity contribution in [3.63, 3.8) is 0 Å². The van der Waals surface area contributed by atoms with Crippen LogP contribution in [0, 0.1) is 0 Å². The summed E-state index contributed by atoms with van der Waals surface area (Å²) in [5, 5.41) is 5.94. The van der Waals surface area contributed by atoms with Crippen molar-refractivity contribution in [3.8, 4) is 0 Å². The Balaban J connectivity index is 1.55. The first kappa shape index (κ1) is 19.8. The molecule has 0 aromatic carbocycles. The number of carbonyl (C=O) groups is 2. The van der Waals surface area contributed by atoms with Gasteiger partial charge in [-0.25, -0.2) is 0 Å². The Kier molecular flexibility index (Phi) is 6.44. The number of nitrogens with zero attached hydrogens (tertiary/aromatic N) is 3. The van der Waals surface area contributed by atoms with Gasteiger partial charge in [0.05, 0.1) is 12.5 Å². The fourth-order valence-electron chi connectivity index (χ4n) is 3.90. The summed E-state index contributed by atoms with van der Waals surface area (Å²) in [5.74, 6) is -0.139. The van der Waals surface area contributed by atoms with Gasteiger partial charge >= 0.3 is 0 Å². The summed E-state index contributed by atoms with van der Waals surface area (Å²) in [4.78, 5) is 33.6. The third kappa shape index (κ3) is 5.26. The van der Waals surface area contributed by atoms with E-state index in [1.54, 1.807) is 6.20 Å². The maximum Gasteiger partial charge on any atom is 0.237 e. The lowest BCUT2D eigenvalue weighted by atomic mass is 10.0. The summed E-state index contributed by atoms with van der Waals surface area (Å²) in [7, 11) is 0. The summed E-state index contributed by atoms with van der Waals surface area (Å²) in [6.07, 6.45) is 6.18. The molecule has 1 aromatic rings. The predicted octanol–water partition coefficient (Wildman–Crippen LogP) is 0.763. The molecule has 27 heavy (non-hydrogen) atoms. The van der Waals surface area contributed by atoms with E-state index < -0.39 is 6.04 Å². The zero-order valence-electron chi connectivity index (χ0n) is 16.4. The second kappa shape index (κ2) is 8.80. The molecular formula is C20H31N5O2. The minimum absolute atomic E-state index is 0.0591. The van der Waals surface area contributed by atoms with Crippen LogP contribution in [0.4, 0.5) is 0 Å². The molecule has 2 amide bonds. The molecule has 0 radical (unpaired) electrons. The van der Waals surface area contributed by atoms with Gasteiger partial charge in [0, 0.05) is 44.1 Å². The quantitative estimate of drug-likeness (QED) is 0.738. The van der Waals surface area contributed by atoms with Gasteiger partial charge in [-0.3, -0.25) is 24.4 Å². The van der Waals surface area contributed by atoms with Crippen molar-refractivity contribution < 1.29 is 9.59 Å². The average molecular weight is 374 g/mol. The molecule has 0 saturated carbocycles. The van der Waals surface area contributed by atoms with Crippen molar-refractivity contribution in [3.05, 3.63) is 30.1 Å². The second-order valence-electron chi connectivity index (χ2n) is 8.13. The SMILES string of the molecule is CC(C)(CNC(=O)C[C@@H]1C(=O)NCCN1Cc1cccnc1)N1CCCC1. The monoisotopic (exact) mass is 373 g/mol. The van der Waals surface area contributed by atoms with Crippen LogP contribution in [0.1, 0.15) is 38.7 Å². The number of amides is 2. The van der Waals surface area contributed by atoms with Gasteiger partial charge < -0.3 is 10.6 Å². The zero-order chi connectivity index (χ0) is 19.3. The lowest BCUT2D eigenvalue weighted by molar-refractivity contribution is -0.134. The lowest BCUT2D eigenvalue weighted by Crippen LogP contribution is -2.57. The molecular weight excluding hydrogens is 342 g/mol. The number of aromatic nitrogens is 1. The molecule has 2 aliphatic rings. The first-order valence-electron chi connectivity index (χ1n) is 9.88. The number of nitrogens with one attached hydrogen (secondary N) is 2. The van der Waals surface area contributed by atoms with Crippen molar-refractivity contribution in [2.75, 3.05) is 32.7 Å². The Morgan fingerprint density at radius 1 is 1.33 bits per heavy atom. The van der Waals surface area contributed by atoms with Crippen molar-refractivity contribution >= 4 is 11.8 Å². The second-order valence-corrected chi connectivity index (χ2v) is 8.13. The summed E-state index contributed by atoms with van der Waals surface area (Å²) >= 11 is 0. The summed E-state index contributed by atoms with van der Waals surface area (Å²) in [5.41, 5.74) is 0.990. The van der Waals surface area contributed by atoms with E-state index >= 15 is 0 Å². The van der Waals surface area contributed by atoms with Crippen molar-refractivity contribution in [2.45, 2.75) is 51.2 Å². The van der Waals surface area contributed by atoms with Gasteiger partial charge in [0.15, 0.2) is 0 Å². The topological polar surface area (TPSA) is 77.6 Å². The highest BCUT2D eigenvalue weighted by Gasteiger charge is 2.33. The standard InChI is InChI=1S/C20H31N5O2/c1-20(2,25-9-3-4-10-25)15-23-18(26)12-17-19(27)22-8-11-24(17)14-16-6-5-7-21-13-16/h5-7,13,17H,3-4,8-12,14-15H2,1-2H3,(H,22,27)(H,23,26)/t17-/m1/s1. The first-order valence-corrected chi connectivity index (χ1v) is 9.88. The molecule has 0 spiro atoms. The number of rotatable bonds is 7. The van der Waals surface area contributed by atoms with Crippen molar-refractivity contribution in [1.29, 1.82) is 0 Å². The predicted molar refractivity (Wildman–Crippen MR) is 104 cm³/mol. The van der Waals surface area contributed by atoms with E-state index in [1.165, 1.54) is 12.8 Å². The molecule has 1 aromatic heterocycles. The Morgan fingerprint density at radius 3 is 2.81 bits per heavy atom. The van der Waals surface area contributed by atoms with Gasteiger partial charge in [0.25, 0.3) is 0 Å². The molecule has 1 atom stereocenters. The van der Waals surface area contributed by atoms with Crippen LogP contribution in [0.15, 0.2) is 24.5 Å². The van der Waals surface area contributed by atoms with Crippen LogP contribution >= 0.6 is 0 Å². The Hall–Kier alpha value is -1.99. The maximum absolute atomic E-state index is 12.6. The van der Waals surface area contributed by atoms with Gasteiger partial charge in [0.2, 0.25) is 11.8 Å². The van der Waals surface area contributed by atoms with E-state index in [4.69, 9.17) is 0 Å². The molecule has 0 aliphatic carbocycles. The molecule has 3 heterocycles. The van der Waals surface area contributed by atoms with Crippen LogP contribution in [0.3, 0.4) is 0 Å². The van der Waals surface area contributed by atoms with E-state index in [9.17, 15) is 9.59 Å². The molecule has 2 N–H and O–H groups in total. The van der Waals surface area contributed by atoms with Gasteiger partial charge in [-0.15, -0.1) is 0 Å². The van der Waals surface area contributed by atoms with Crippen molar-refractivity contribution in [1.82, 2.24) is 25.4 Å². The molecule has 0 unspecified atom stereocenters. The van der Waals surface area contributed by atoms with Gasteiger partial charge in [-0.2, -0.15) is 0 Å². The zero-order valence-corrected chi connectivity index (χ0v) is 16.4. The summed E-state index contributed by atoms with van der Waals surface area (Å²) in [6.45, 7) is 9.08. The Morgan fingerprint density at radius 2 is 2.11 bits per heavy atom. The fraction of sp³-hybridized carbons (Fsp3) is 0.650. The average Bonchev–Trinajstić information content (AvgIpc) is 3.20. The largest absolute Gasteiger partial charge is 0.354 e. The fourth-order valence-corrected chi connectivity index (χ4v) is 3.90. The molecule has 2 fully saturated rings. The number of carbonyl (C=O) groups excluding carboxylic acids is 2. The van der Waals surface area contributed by atoms with Crippen LogP contribution in [0.25, 0.3) is 0 Å². The molecule has 7 heteroatoms. The number of pyridine rings is 1. The lowest BCUT2D eigenvalue weighted by Gasteiger charge is -2.37. The van der Waals surface area contributed by atoms with E-state index in [2.05, 4.69) is 39.3 Å². The summed E-state index contributed by atoms with van der Waals surface area (Å²) in [6, 6.07) is 3.45. The number of hydrogen-bond acceptors (Lipinski definition) is 5. The normalized spacial score (nSPS) is 21.9. The van der Waals surface area contributed by atoms with Gasteiger partial charge in [-0.1, -0.05) is 6.07 Å². The van der Waals surface area contributed by atoms with Gasteiger partial charge in [-0.05, 0) is 51.4 Å². The maximum atomic E-state index is 12.6. The number of hydrogen-bond donors (Lipinski definition) is 2. The van der Waals surface area contributed by atoms with E-state index in [-0.39, 0.29) is 23.8 Å². The van der Waals surface area contributed by atoms with Crippen molar-refractivity contribution in [2.24, 2.45) is 0 Å². The smallest absolute Gasteiger partial charge is 0.237 e.